The van der Waals surface area contributed by atoms with E-state index < -0.39 is 35.3 Å². The van der Waals surface area contributed by atoms with Gasteiger partial charge >= 0.3 is 12.3 Å². The number of nitrogens with zero attached hydrogens (tertiary/aromatic N) is 1. The average molecular weight is 346 g/mol. The summed E-state index contributed by atoms with van der Waals surface area (Å²) in [7, 11) is 0. The molecular formula is C16H21F3N2O3. The first-order chi connectivity index (χ1) is 10.8. The molecule has 1 aromatic carbocycles. The van der Waals surface area contributed by atoms with E-state index in [1.165, 1.54) is 19.1 Å². The van der Waals surface area contributed by atoms with Gasteiger partial charge in [-0.25, -0.2) is 4.79 Å². The van der Waals surface area contributed by atoms with Gasteiger partial charge in [-0.15, -0.1) is 0 Å². The maximum Gasteiger partial charge on any atom is 0.416 e. The Morgan fingerprint density at radius 1 is 1.25 bits per heavy atom. The number of hydrogen-bond acceptors (Lipinski definition) is 2. The second kappa shape index (κ2) is 7.11. The van der Waals surface area contributed by atoms with Crippen molar-refractivity contribution in [3.63, 3.8) is 0 Å². The minimum atomic E-state index is -4.54. The molecule has 0 saturated carbocycles. The molecule has 0 aliphatic rings. The van der Waals surface area contributed by atoms with Crippen LogP contribution in [0.5, 0.6) is 0 Å². The Labute approximate surface area is 138 Å². The van der Waals surface area contributed by atoms with Gasteiger partial charge in [0.25, 0.3) is 0 Å². The molecule has 134 valence electrons. The largest absolute Gasteiger partial charge is 0.465 e. The Bertz CT molecular complexity index is 609. The molecule has 0 aliphatic carbocycles. The van der Waals surface area contributed by atoms with Crippen LogP contribution < -0.4 is 5.32 Å². The van der Waals surface area contributed by atoms with E-state index in [0.29, 0.717) is 0 Å². The van der Waals surface area contributed by atoms with Crippen LogP contribution in [-0.2, 0) is 11.0 Å². The lowest BCUT2D eigenvalue weighted by Crippen LogP contribution is -2.50. The Morgan fingerprint density at radius 3 is 2.25 bits per heavy atom. The first-order valence-corrected chi connectivity index (χ1v) is 7.28. The Hall–Kier alpha value is -2.25. The second-order valence-electron chi connectivity index (χ2n) is 6.40. The van der Waals surface area contributed by atoms with Crippen molar-refractivity contribution in [3.05, 3.63) is 35.4 Å². The zero-order valence-electron chi connectivity index (χ0n) is 13.9. The van der Waals surface area contributed by atoms with E-state index in [1.54, 1.807) is 20.8 Å². The molecule has 0 fully saturated rings. The average Bonchev–Trinajstić information content (AvgIpc) is 2.40. The summed E-state index contributed by atoms with van der Waals surface area (Å²) in [6, 6.07) is 3.52. The summed E-state index contributed by atoms with van der Waals surface area (Å²) in [5.41, 5.74) is -1.58. The molecule has 0 aromatic heterocycles. The standard InChI is InChI=1S/C16H21F3N2O3/c1-10(22)20-9-13(21(14(23)24)15(2,3)4)11-6-5-7-12(8-11)16(17,18)19/h5-8,13H,9H2,1-4H3,(H,20,22)(H,23,24). The van der Waals surface area contributed by atoms with Crippen LogP contribution in [0, 0.1) is 0 Å². The smallest absolute Gasteiger partial charge is 0.416 e. The molecule has 0 saturated heterocycles. The van der Waals surface area contributed by atoms with Crippen molar-refractivity contribution in [2.45, 2.75) is 45.5 Å². The number of hydrogen-bond donors (Lipinski definition) is 2. The topological polar surface area (TPSA) is 69.6 Å². The third-order valence-electron chi connectivity index (χ3n) is 3.38. The summed E-state index contributed by atoms with van der Waals surface area (Å²) in [4.78, 5) is 23.9. The molecule has 0 aliphatic heterocycles. The van der Waals surface area contributed by atoms with Crippen LogP contribution >= 0.6 is 0 Å². The van der Waals surface area contributed by atoms with E-state index in [1.807, 2.05) is 0 Å². The molecule has 0 bridgehead atoms. The second-order valence-corrected chi connectivity index (χ2v) is 6.40. The summed E-state index contributed by atoms with van der Waals surface area (Å²) in [5.74, 6) is -0.397. The lowest BCUT2D eigenvalue weighted by atomic mass is 9.97. The van der Waals surface area contributed by atoms with Crippen molar-refractivity contribution in [3.8, 4) is 0 Å². The number of nitrogens with one attached hydrogen (secondary N) is 1. The predicted molar refractivity (Wildman–Crippen MR) is 82.5 cm³/mol. The molecule has 1 atom stereocenters. The number of carbonyl (C=O) groups is 2. The molecule has 1 rings (SSSR count). The molecule has 8 heteroatoms. The lowest BCUT2D eigenvalue weighted by molar-refractivity contribution is -0.137. The summed E-state index contributed by atoms with van der Waals surface area (Å²) in [6.45, 7) is 6.03. The molecular weight excluding hydrogens is 325 g/mol. The fraction of sp³-hybridized carbons (Fsp3) is 0.500. The highest BCUT2D eigenvalue weighted by atomic mass is 19.4. The molecule has 2 N–H and O–H groups in total. The molecule has 24 heavy (non-hydrogen) atoms. The molecule has 1 unspecified atom stereocenters. The fourth-order valence-electron chi connectivity index (χ4n) is 2.41. The van der Waals surface area contributed by atoms with Gasteiger partial charge in [0.05, 0.1) is 11.6 Å². The zero-order valence-corrected chi connectivity index (χ0v) is 13.9. The van der Waals surface area contributed by atoms with Gasteiger partial charge in [0.1, 0.15) is 0 Å². The van der Waals surface area contributed by atoms with Gasteiger partial charge in [0.2, 0.25) is 5.91 Å². The van der Waals surface area contributed by atoms with Crippen molar-refractivity contribution < 1.29 is 27.9 Å². The highest BCUT2D eigenvalue weighted by molar-refractivity contribution is 5.73. The number of carbonyl (C=O) groups excluding carboxylic acids is 1. The van der Waals surface area contributed by atoms with Crippen LogP contribution in [0.3, 0.4) is 0 Å². The normalized spacial score (nSPS) is 13.3. The summed E-state index contributed by atoms with van der Waals surface area (Å²) in [5, 5.41) is 12.0. The number of alkyl halides is 3. The summed E-state index contributed by atoms with van der Waals surface area (Å²) < 4.78 is 38.8. The highest BCUT2D eigenvalue weighted by Gasteiger charge is 2.36. The SMILES string of the molecule is CC(=O)NCC(c1cccc(C(F)(F)F)c1)N(C(=O)O)C(C)(C)C. The van der Waals surface area contributed by atoms with Gasteiger partial charge in [0, 0.05) is 19.0 Å². The Balaban J connectivity index is 3.37. The molecule has 1 aromatic rings. The monoisotopic (exact) mass is 346 g/mol. The van der Waals surface area contributed by atoms with Gasteiger partial charge in [-0.1, -0.05) is 12.1 Å². The van der Waals surface area contributed by atoms with Crippen LogP contribution in [0.2, 0.25) is 0 Å². The van der Waals surface area contributed by atoms with Gasteiger partial charge in [0.15, 0.2) is 0 Å². The van der Waals surface area contributed by atoms with Crippen LogP contribution in [0.4, 0.5) is 18.0 Å². The maximum atomic E-state index is 12.9. The predicted octanol–water partition coefficient (Wildman–Crippen LogP) is 3.66. The third-order valence-corrected chi connectivity index (χ3v) is 3.38. The van der Waals surface area contributed by atoms with Crippen molar-refractivity contribution in [2.24, 2.45) is 0 Å². The molecule has 5 nitrogen and oxygen atoms in total. The minimum absolute atomic E-state index is 0.125. The van der Waals surface area contributed by atoms with Crippen LogP contribution in [0.25, 0.3) is 0 Å². The zero-order chi connectivity index (χ0) is 18.7. The van der Waals surface area contributed by atoms with Crippen LogP contribution in [0.15, 0.2) is 24.3 Å². The quantitative estimate of drug-likeness (QED) is 0.874. The first kappa shape index (κ1) is 19.8. The van der Waals surface area contributed by atoms with E-state index in [-0.39, 0.29) is 12.1 Å². The van der Waals surface area contributed by atoms with Gasteiger partial charge in [-0.2, -0.15) is 13.2 Å². The fourth-order valence-corrected chi connectivity index (χ4v) is 2.41. The van der Waals surface area contributed by atoms with E-state index >= 15 is 0 Å². The van der Waals surface area contributed by atoms with Crippen LogP contribution in [0.1, 0.15) is 44.9 Å². The van der Waals surface area contributed by atoms with E-state index in [2.05, 4.69) is 5.32 Å². The third kappa shape index (κ3) is 5.14. The van der Waals surface area contributed by atoms with E-state index in [0.717, 1.165) is 17.0 Å². The Kier molecular flexibility index (Phi) is 5.86. The summed E-state index contributed by atoms with van der Waals surface area (Å²) >= 11 is 0. The van der Waals surface area contributed by atoms with Crippen molar-refractivity contribution in [1.29, 1.82) is 0 Å². The van der Waals surface area contributed by atoms with E-state index in [4.69, 9.17) is 0 Å². The molecule has 0 spiro atoms. The van der Waals surface area contributed by atoms with Gasteiger partial charge in [-0.05, 0) is 38.5 Å². The van der Waals surface area contributed by atoms with Crippen LogP contribution in [-0.4, -0.2) is 34.1 Å². The lowest BCUT2D eigenvalue weighted by Gasteiger charge is -2.40. The Morgan fingerprint density at radius 2 is 1.83 bits per heavy atom. The number of rotatable bonds is 4. The number of amides is 2. The number of carboxylic acid groups (broad SMARTS) is 1. The number of benzene rings is 1. The van der Waals surface area contributed by atoms with Crippen molar-refractivity contribution >= 4 is 12.0 Å². The molecule has 0 heterocycles. The summed E-state index contributed by atoms with van der Waals surface area (Å²) in [6.07, 6.45) is -5.82. The van der Waals surface area contributed by atoms with Crippen molar-refractivity contribution in [1.82, 2.24) is 10.2 Å². The molecule has 0 radical (unpaired) electrons. The van der Waals surface area contributed by atoms with Gasteiger partial charge in [-0.3, -0.25) is 9.69 Å². The number of halogens is 3. The highest BCUT2D eigenvalue weighted by Crippen LogP contribution is 2.33. The minimum Gasteiger partial charge on any atom is -0.465 e. The first-order valence-electron chi connectivity index (χ1n) is 7.28. The molecule has 2 amide bonds. The van der Waals surface area contributed by atoms with Gasteiger partial charge < -0.3 is 10.4 Å². The van der Waals surface area contributed by atoms with Crippen molar-refractivity contribution in [2.75, 3.05) is 6.54 Å². The maximum absolute atomic E-state index is 12.9. The van der Waals surface area contributed by atoms with E-state index in [9.17, 15) is 27.9 Å².